The number of nitrogens with zero attached hydrogens (tertiary/aromatic N) is 4. The van der Waals surface area contributed by atoms with Crippen molar-refractivity contribution in [2.75, 3.05) is 46.0 Å². The Labute approximate surface area is 215 Å². The molecule has 2 saturated heterocycles. The number of aryl methyl sites for hydroxylation is 2. The molecule has 1 atom stereocenters. The fraction of sp³-hybridized carbons (Fsp3) is 0.393. The molecule has 1 amide bonds. The SMILES string of the molecule is CCOc1ccc([C@@H]2/C(=C(\O)c3c(C)nc4c(C)cccn34)C(=O)C(=O)N2CCN2CCOCC2)cc1. The summed E-state index contributed by atoms with van der Waals surface area (Å²) < 4.78 is 12.8. The molecule has 0 bridgehead atoms. The molecule has 0 radical (unpaired) electrons. The number of hydrogen-bond acceptors (Lipinski definition) is 7. The molecule has 1 aromatic carbocycles. The Morgan fingerprint density at radius 1 is 1.11 bits per heavy atom. The van der Waals surface area contributed by atoms with Crippen molar-refractivity contribution in [2.45, 2.75) is 26.8 Å². The summed E-state index contributed by atoms with van der Waals surface area (Å²) >= 11 is 0. The van der Waals surface area contributed by atoms with E-state index in [2.05, 4.69) is 9.88 Å². The zero-order chi connectivity index (χ0) is 26.1. The summed E-state index contributed by atoms with van der Waals surface area (Å²) in [7, 11) is 0. The molecule has 194 valence electrons. The van der Waals surface area contributed by atoms with E-state index in [1.807, 2.05) is 50.2 Å². The van der Waals surface area contributed by atoms with Crippen LogP contribution in [0.5, 0.6) is 5.75 Å². The largest absolute Gasteiger partial charge is 0.505 e. The molecule has 0 saturated carbocycles. The van der Waals surface area contributed by atoms with E-state index >= 15 is 0 Å². The Bertz CT molecular complexity index is 1350. The van der Waals surface area contributed by atoms with Gasteiger partial charge in [0.1, 0.15) is 17.1 Å². The number of Topliss-reactive ketones (excluding diaryl/α,β-unsaturated/α-hetero) is 1. The molecule has 9 nitrogen and oxygen atoms in total. The van der Waals surface area contributed by atoms with Crippen LogP contribution in [0.15, 0.2) is 48.2 Å². The molecule has 37 heavy (non-hydrogen) atoms. The smallest absolute Gasteiger partial charge is 0.295 e. The first-order valence-corrected chi connectivity index (χ1v) is 12.7. The van der Waals surface area contributed by atoms with Crippen molar-refractivity contribution >= 4 is 23.1 Å². The van der Waals surface area contributed by atoms with E-state index < -0.39 is 17.7 Å². The minimum Gasteiger partial charge on any atom is -0.505 e. The highest BCUT2D eigenvalue weighted by Gasteiger charge is 2.46. The monoisotopic (exact) mass is 504 g/mol. The number of imidazole rings is 1. The second kappa shape index (κ2) is 10.4. The number of ether oxygens (including phenoxy) is 2. The number of hydrogen-bond donors (Lipinski definition) is 1. The Hall–Kier alpha value is -3.69. The molecular weight excluding hydrogens is 472 g/mol. The molecule has 5 rings (SSSR count). The number of morpholine rings is 1. The Kier molecular flexibility index (Phi) is 6.99. The van der Waals surface area contributed by atoms with Crippen LogP contribution in [0.2, 0.25) is 0 Å². The van der Waals surface area contributed by atoms with Gasteiger partial charge in [0, 0.05) is 32.4 Å². The zero-order valence-corrected chi connectivity index (χ0v) is 21.4. The third kappa shape index (κ3) is 4.60. The fourth-order valence-electron chi connectivity index (χ4n) is 5.17. The van der Waals surface area contributed by atoms with E-state index in [0.29, 0.717) is 55.7 Å². The Balaban J connectivity index is 1.60. The van der Waals surface area contributed by atoms with E-state index in [0.717, 1.165) is 24.2 Å². The van der Waals surface area contributed by atoms with Crippen molar-refractivity contribution in [1.29, 1.82) is 0 Å². The maximum absolute atomic E-state index is 13.5. The molecule has 0 unspecified atom stereocenters. The van der Waals surface area contributed by atoms with Crippen molar-refractivity contribution in [3.8, 4) is 5.75 Å². The topological polar surface area (TPSA) is 96.6 Å². The van der Waals surface area contributed by atoms with Gasteiger partial charge in [-0.3, -0.25) is 18.9 Å². The fourth-order valence-corrected chi connectivity index (χ4v) is 5.17. The summed E-state index contributed by atoms with van der Waals surface area (Å²) in [6.07, 6.45) is 1.80. The van der Waals surface area contributed by atoms with Crippen LogP contribution >= 0.6 is 0 Å². The van der Waals surface area contributed by atoms with Crippen LogP contribution in [0.1, 0.15) is 35.5 Å². The van der Waals surface area contributed by atoms with Gasteiger partial charge >= 0.3 is 0 Å². The number of aromatic nitrogens is 2. The van der Waals surface area contributed by atoms with Gasteiger partial charge in [0.25, 0.3) is 11.7 Å². The van der Waals surface area contributed by atoms with Gasteiger partial charge in [0.2, 0.25) is 0 Å². The molecule has 2 aliphatic rings. The lowest BCUT2D eigenvalue weighted by atomic mass is 9.96. The summed E-state index contributed by atoms with van der Waals surface area (Å²) in [4.78, 5) is 35.2. The van der Waals surface area contributed by atoms with Gasteiger partial charge < -0.3 is 19.5 Å². The molecular formula is C28H32N4O5. The number of fused-ring (bicyclic) bond motifs is 1. The number of aliphatic hydroxyl groups excluding tert-OH is 1. The quantitative estimate of drug-likeness (QED) is 0.300. The predicted molar refractivity (Wildman–Crippen MR) is 139 cm³/mol. The van der Waals surface area contributed by atoms with E-state index in [1.54, 1.807) is 22.4 Å². The highest BCUT2D eigenvalue weighted by atomic mass is 16.5. The van der Waals surface area contributed by atoms with Crippen LogP contribution in [-0.4, -0.2) is 82.0 Å². The number of benzene rings is 1. The van der Waals surface area contributed by atoms with Gasteiger partial charge in [-0.05, 0) is 50.1 Å². The Morgan fingerprint density at radius 2 is 1.84 bits per heavy atom. The summed E-state index contributed by atoms with van der Waals surface area (Å²) in [5, 5.41) is 11.6. The average molecular weight is 505 g/mol. The normalized spacial score (nSPS) is 20.2. The molecule has 0 spiro atoms. The number of carbonyl (C=O) groups is 2. The molecule has 0 aliphatic carbocycles. The lowest BCUT2D eigenvalue weighted by Crippen LogP contribution is -2.42. The predicted octanol–water partition coefficient (Wildman–Crippen LogP) is 3.10. The molecule has 2 fully saturated rings. The number of likely N-dealkylation sites (tertiary alicyclic amines) is 1. The number of pyridine rings is 1. The van der Waals surface area contributed by atoms with Crippen LogP contribution in [-0.2, 0) is 14.3 Å². The van der Waals surface area contributed by atoms with Crippen molar-refractivity contribution in [2.24, 2.45) is 0 Å². The number of aliphatic hydroxyl groups is 1. The first-order chi connectivity index (χ1) is 17.9. The van der Waals surface area contributed by atoms with E-state index in [9.17, 15) is 14.7 Å². The number of carbonyl (C=O) groups excluding carboxylic acids is 2. The van der Waals surface area contributed by atoms with Crippen LogP contribution in [0.3, 0.4) is 0 Å². The van der Waals surface area contributed by atoms with E-state index in [1.165, 1.54) is 0 Å². The molecule has 3 aromatic rings. The summed E-state index contributed by atoms with van der Waals surface area (Å²) in [5.74, 6) is -0.831. The first kappa shape index (κ1) is 25.0. The van der Waals surface area contributed by atoms with Crippen molar-refractivity contribution in [3.63, 3.8) is 0 Å². The lowest BCUT2D eigenvalue weighted by molar-refractivity contribution is -0.140. The van der Waals surface area contributed by atoms with Gasteiger partial charge in [-0.15, -0.1) is 0 Å². The molecule has 1 N–H and O–H groups in total. The van der Waals surface area contributed by atoms with Crippen LogP contribution in [0.25, 0.3) is 11.4 Å². The number of rotatable bonds is 7. The highest BCUT2D eigenvalue weighted by Crippen LogP contribution is 2.40. The Morgan fingerprint density at radius 3 is 2.54 bits per heavy atom. The summed E-state index contributed by atoms with van der Waals surface area (Å²) in [5.41, 5.74) is 3.44. The van der Waals surface area contributed by atoms with Crippen LogP contribution in [0, 0.1) is 13.8 Å². The van der Waals surface area contributed by atoms with Crippen molar-refractivity contribution in [1.82, 2.24) is 19.2 Å². The molecule has 4 heterocycles. The molecule has 2 aromatic heterocycles. The first-order valence-electron chi connectivity index (χ1n) is 12.7. The maximum Gasteiger partial charge on any atom is 0.295 e. The standard InChI is InChI=1S/C28H32N4O5/c1-4-37-21-9-7-20(8-10-21)24-22(25(33)23-19(3)29-27-18(2)6-5-11-31(23)27)26(34)28(35)32(24)13-12-30-14-16-36-17-15-30/h5-11,24,33H,4,12-17H2,1-3H3/b25-22+/t24-/m1/s1. The van der Waals surface area contributed by atoms with Gasteiger partial charge in [-0.25, -0.2) is 4.98 Å². The summed E-state index contributed by atoms with van der Waals surface area (Å²) in [6.45, 7) is 9.98. The van der Waals surface area contributed by atoms with Gasteiger partial charge in [0.05, 0.1) is 37.1 Å². The van der Waals surface area contributed by atoms with E-state index in [-0.39, 0.29) is 11.3 Å². The molecule has 9 heteroatoms. The zero-order valence-electron chi connectivity index (χ0n) is 21.4. The second-order valence-corrected chi connectivity index (χ2v) is 9.38. The van der Waals surface area contributed by atoms with Gasteiger partial charge in [-0.1, -0.05) is 18.2 Å². The lowest BCUT2D eigenvalue weighted by Gasteiger charge is -2.31. The van der Waals surface area contributed by atoms with Gasteiger partial charge in [0.15, 0.2) is 5.76 Å². The van der Waals surface area contributed by atoms with E-state index in [4.69, 9.17) is 9.47 Å². The third-order valence-electron chi connectivity index (χ3n) is 7.05. The molecule has 2 aliphatic heterocycles. The van der Waals surface area contributed by atoms with Gasteiger partial charge in [-0.2, -0.15) is 0 Å². The number of ketones is 1. The maximum atomic E-state index is 13.5. The van der Waals surface area contributed by atoms with Crippen molar-refractivity contribution in [3.05, 3.63) is 70.7 Å². The number of amides is 1. The minimum atomic E-state index is -0.730. The second-order valence-electron chi connectivity index (χ2n) is 9.38. The van der Waals surface area contributed by atoms with Crippen LogP contribution < -0.4 is 4.74 Å². The summed E-state index contributed by atoms with van der Waals surface area (Å²) in [6, 6.07) is 10.4. The average Bonchev–Trinajstić information content (AvgIpc) is 3.37. The third-order valence-corrected chi connectivity index (χ3v) is 7.05. The highest BCUT2D eigenvalue weighted by molar-refractivity contribution is 6.46. The minimum absolute atomic E-state index is 0.0718. The van der Waals surface area contributed by atoms with Crippen LogP contribution in [0.4, 0.5) is 0 Å². The van der Waals surface area contributed by atoms with Crippen molar-refractivity contribution < 1.29 is 24.2 Å².